The molecule has 0 aliphatic heterocycles. The number of rotatable bonds is 3. The summed E-state index contributed by atoms with van der Waals surface area (Å²) in [6, 6.07) is 5.76. The van der Waals surface area contributed by atoms with Crippen molar-refractivity contribution in [1.82, 2.24) is 0 Å². The number of hydrogen-bond acceptors (Lipinski definition) is 2. The van der Waals surface area contributed by atoms with E-state index in [1.165, 1.54) is 0 Å². The predicted molar refractivity (Wildman–Crippen MR) is 57.6 cm³/mol. The third-order valence-electron chi connectivity index (χ3n) is 2.24. The molecule has 1 aromatic rings. The van der Waals surface area contributed by atoms with Crippen LogP contribution in [0, 0.1) is 6.92 Å². The molecule has 0 unspecified atom stereocenters. The Morgan fingerprint density at radius 2 is 2.00 bits per heavy atom. The molecule has 0 aromatic heterocycles. The minimum Gasteiger partial charge on any atom is -0.494 e. The average molecular weight is 194 g/mol. The lowest BCUT2D eigenvalue weighted by atomic mass is 9.93. The maximum Gasteiger partial charge on any atom is 0.122 e. The fourth-order valence-electron chi connectivity index (χ4n) is 1.59. The first-order valence-corrected chi connectivity index (χ1v) is 4.92. The minimum absolute atomic E-state index is 0.649. The molecule has 0 atom stereocenters. The number of benzene rings is 1. The van der Waals surface area contributed by atoms with E-state index in [0.29, 0.717) is 6.61 Å². The number of aliphatic hydroxyl groups is 1. The standard InChI is InChI=1S/C12H18O2/c1-5-14-11-8-6-7-10(9(11)2)12(3,4)13/h6-8,13H,5H2,1-4H3. The highest BCUT2D eigenvalue weighted by Crippen LogP contribution is 2.29. The molecule has 0 spiro atoms. The van der Waals surface area contributed by atoms with Crippen molar-refractivity contribution in [3.8, 4) is 5.75 Å². The van der Waals surface area contributed by atoms with Crippen LogP contribution in [-0.4, -0.2) is 11.7 Å². The highest BCUT2D eigenvalue weighted by atomic mass is 16.5. The van der Waals surface area contributed by atoms with Crippen molar-refractivity contribution in [2.75, 3.05) is 6.61 Å². The van der Waals surface area contributed by atoms with Crippen LogP contribution in [0.3, 0.4) is 0 Å². The quantitative estimate of drug-likeness (QED) is 0.801. The first-order valence-electron chi connectivity index (χ1n) is 4.92. The molecule has 0 bridgehead atoms. The molecule has 1 N–H and O–H groups in total. The van der Waals surface area contributed by atoms with Gasteiger partial charge in [0.1, 0.15) is 5.75 Å². The van der Waals surface area contributed by atoms with Gasteiger partial charge in [-0.15, -0.1) is 0 Å². The zero-order valence-corrected chi connectivity index (χ0v) is 9.29. The Kier molecular flexibility index (Phi) is 3.17. The summed E-state index contributed by atoms with van der Waals surface area (Å²) in [6.45, 7) is 8.14. The van der Waals surface area contributed by atoms with Crippen molar-refractivity contribution in [2.24, 2.45) is 0 Å². The summed E-state index contributed by atoms with van der Waals surface area (Å²) in [7, 11) is 0. The van der Waals surface area contributed by atoms with E-state index < -0.39 is 5.60 Å². The van der Waals surface area contributed by atoms with Gasteiger partial charge in [-0.3, -0.25) is 0 Å². The molecule has 0 radical (unpaired) electrons. The fraction of sp³-hybridized carbons (Fsp3) is 0.500. The van der Waals surface area contributed by atoms with Gasteiger partial charge in [0.15, 0.2) is 0 Å². The molecule has 2 nitrogen and oxygen atoms in total. The molecule has 1 aromatic carbocycles. The lowest BCUT2D eigenvalue weighted by Gasteiger charge is -2.21. The summed E-state index contributed by atoms with van der Waals surface area (Å²) < 4.78 is 5.46. The van der Waals surface area contributed by atoms with Crippen LogP contribution in [-0.2, 0) is 5.60 Å². The zero-order valence-electron chi connectivity index (χ0n) is 9.29. The van der Waals surface area contributed by atoms with Crippen molar-refractivity contribution in [1.29, 1.82) is 0 Å². The maximum atomic E-state index is 9.91. The smallest absolute Gasteiger partial charge is 0.122 e. The van der Waals surface area contributed by atoms with Crippen molar-refractivity contribution < 1.29 is 9.84 Å². The van der Waals surface area contributed by atoms with Crippen LogP contribution in [0.1, 0.15) is 31.9 Å². The van der Waals surface area contributed by atoms with E-state index in [0.717, 1.165) is 16.9 Å². The Bertz CT molecular complexity index is 311. The van der Waals surface area contributed by atoms with Gasteiger partial charge in [0.05, 0.1) is 12.2 Å². The van der Waals surface area contributed by atoms with Crippen LogP contribution in [0.15, 0.2) is 18.2 Å². The molecule has 14 heavy (non-hydrogen) atoms. The molecular formula is C12H18O2. The third kappa shape index (κ3) is 2.26. The largest absolute Gasteiger partial charge is 0.494 e. The van der Waals surface area contributed by atoms with Crippen LogP contribution in [0.4, 0.5) is 0 Å². The molecule has 0 heterocycles. The van der Waals surface area contributed by atoms with Crippen LogP contribution in [0.5, 0.6) is 5.75 Å². The Morgan fingerprint density at radius 3 is 2.50 bits per heavy atom. The molecule has 0 aliphatic rings. The Labute approximate surface area is 85.5 Å². The summed E-state index contributed by atoms with van der Waals surface area (Å²) >= 11 is 0. The monoisotopic (exact) mass is 194 g/mol. The first-order chi connectivity index (χ1) is 6.46. The Morgan fingerprint density at radius 1 is 1.36 bits per heavy atom. The Hall–Kier alpha value is -1.02. The van der Waals surface area contributed by atoms with E-state index in [2.05, 4.69) is 0 Å². The van der Waals surface area contributed by atoms with Crippen molar-refractivity contribution in [3.63, 3.8) is 0 Å². The molecule has 0 saturated carbocycles. The molecule has 78 valence electrons. The summed E-state index contributed by atoms with van der Waals surface area (Å²) in [5, 5.41) is 9.91. The Balaban J connectivity index is 3.14. The second kappa shape index (κ2) is 4.01. The normalized spacial score (nSPS) is 11.5. The van der Waals surface area contributed by atoms with Gasteiger partial charge in [0.25, 0.3) is 0 Å². The van der Waals surface area contributed by atoms with Gasteiger partial charge in [0.2, 0.25) is 0 Å². The van der Waals surface area contributed by atoms with E-state index in [1.54, 1.807) is 13.8 Å². The fourth-order valence-corrected chi connectivity index (χ4v) is 1.59. The van der Waals surface area contributed by atoms with Crippen LogP contribution in [0.2, 0.25) is 0 Å². The summed E-state index contributed by atoms with van der Waals surface area (Å²) in [6.07, 6.45) is 0. The molecule has 0 fully saturated rings. The molecular weight excluding hydrogens is 176 g/mol. The highest BCUT2D eigenvalue weighted by Gasteiger charge is 2.19. The summed E-state index contributed by atoms with van der Waals surface area (Å²) in [5.74, 6) is 0.854. The van der Waals surface area contributed by atoms with Crippen molar-refractivity contribution in [3.05, 3.63) is 29.3 Å². The molecule has 0 saturated heterocycles. The van der Waals surface area contributed by atoms with Gasteiger partial charge in [-0.1, -0.05) is 12.1 Å². The molecule has 0 aliphatic carbocycles. The van der Waals surface area contributed by atoms with Gasteiger partial charge in [-0.05, 0) is 44.9 Å². The lowest BCUT2D eigenvalue weighted by Crippen LogP contribution is -2.17. The lowest BCUT2D eigenvalue weighted by molar-refractivity contribution is 0.0775. The van der Waals surface area contributed by atoms with Gasteiger partial charge in [-0.2, -0.15) is 0 Å². The third-order valence-corrected chi connectivity index (χ3v) is 2.24. The predicted octanol–water partition coefficient (Wildman–Crippen LogP) is 2.62. The van der Waals surface area contributed by atoms with Gasteiger partial charge in [-0.25, -0.2) is 0 Å². The second-order valence-electron chi connectivity index (χ2n) is 3.92. The van der Waals surface area contributed by atoms with E-state index in [-0.39, 0.29) is 0 Å². The first kappa shape index (κ1) is 11.1. The topological polar surface area (TPSA) is 29.5 Å². The van der Waals surface area contributed by atoms with Gasteiger partial charge < -0.3 is 9.84 Å². The average Bonchev–Trinajstić information content (AvgIpc) is 2.07. The molecule has 1 rings (SSSR count). The van der Waals surface area contributed by atoms with Crippen LogP contribution in [0.25, 0.3) is 0 Å². The number of ether oxygens (including phenoxy) is 1. The summed E-state index contributed by atoms with van der Waals surface area (Å²) in [4.78, 5) is 0. The van der Waals surface area contributed by atoms with Crippen LogP contribution >= 0.6 is 0 Å². The van der Waals surface area contributed by atoms with Crippen molar-refractivity contribution in [2.45, 2.75) is 33.3 Å². The highest BCUT2D eigenvalue weighted by molar-refractivity contribution is 5.41. The van der Waals surface area contributed by atoms with Gasteiger partial charge in [0, 0.05) is 0 Å². The minimum atomic E-state index is -0.808. The van der Waals surface area contributed by atoms with E-state index in [9.17, 15) is 5.11 Å². The second-order valence-corrected chi connectivity index (χ2v) is 3.92. The van der Waals surface area contributed by atoms with E-state index in [4.69, 9.17) is 4.74 Å². The van der Waals surface area contributed by atoms with E-state index >= 15 is 0 Å². The van der Waals surface area contributed by atoms with Crippen molar-refractivity contribution >= 4 is 0 Å². The number of hydrogen-bond donors (Lipinski definition) is 1. The zero-order chi connectivity index (χ0) is 10.8. The van der Waals surface area contributed by atoms with E-state index in [1.807, 2.05) is 32.0 Å². The maximum absolute atomic E-state index is 9.91. The molecule has 0 amide bonds. The van der Waals surface area contributed by atoms with Crippen LogP contribution < -0.4 is 4.74 Å². The molecule has 2 heteroatoms. The summed E-state index contributed by atoms with van der Waals surface area (Å²) in [5.41, 5.74) is 1.13. The van der Waals surface area contributed by atoms with Gasteiger partial charge >= 0.3 is 0 Å². The SMILES string of the molecule is CCOc1cccc(C(C)(C)O)c1C.